The lowest BCUT2D eigenvalue weighted by Crippen LogP contribution is -2.31. The highest BCUT2D eigenvalue weighted by Crippen LogP contribution is 2.13. The Morgan fingerprint density at radius 1 is 1.55 bits per heavy atom. The lowest BCUT2D eigenvalue weighted by Gasteiger charge is -2.11. The molecule has 110 valence electrons. The topological polar surface area (TPSA) is 106 Å². The molecule has 0 saturated carbocycles. The summed E-state index contributed by atoms with van der Waals surface area (Å²) in [7, 11) is -3.46. The number of nitrogens with zero attached hydrogens (tertiary/aromatic N) is 1. The SMILES string of the molecule is O=C(O)c1ccnc(CNS(=O)(=O)CC2CCCO2)c1. The minimum atomic E-state index is -3.46. The third kappa shape index (κ3) is 4.26. The Labute approximate surface area is 117 Å². The molecule has 0 spiro atoms. The predicted octanol–water partition coefficient (Wildman–Crippen LogP) is 0.378. The van der Waals surface area contributed by atoms with Crippen LogP contribution in [0.4, 0.5) is 0 Å². The van der Waals surface area contributed by atoms with Gasteiger partial charge in [-0.05, 0) is 25.0 Å². The standard InChI is InChI=1S/C12H16N2O5S/c15-12(16)9-3-4-13-10(6-9)7-14-20(17,18)8-11-2-1-5-19-11/h3-4,6,11,14H,1-2,5,7-8H2,(H,15,16). The van der Waals surface area contributed by atoms with Gasteiger partial charge in [0.25, 0.3) is 0 Å². The van der Waals surface area contributed by atoms with Crippen molar-refractivity contribution in [1.29, 1.82) is 0 Å². The second kappa shape index (κ2) is 6.29. The van der Waals surface area contributed by atoms with Gasteiger partial charge in [0, 0.05) is 12.8 Å². The summed E-state index contributed by atoms with van der Waals surface area (Å²) in [6.45, 7) is 0.568. The van der Waals surface area contributed by atoms with Gasteiger partial charge in [0.2, 0.25) is 10.0 Å². The second-order valence-electron chi connectivity index (χ2n) is 4.58. The Balaban J connectivity index is 1.93. The first-order valence-electron chi connectivity index (χ1n) is 6.23. The first kappa shape index (κ1) is 14.9. The maximum Gasteiger partial charge on any atom is 0.335 e. The Morgan fingerprint density at radius 3 is 3.00 bits per heavy atom. The van der Waals surface area contributed by atoms with Gasteiger partial charge in [-0.2, -0.15) is 0 Å². The average Bonchev–Trinajstić information content (AvgIpc) is 2.89. The molecular formula is C12H16N2O5S. The van der Waals surface area contributed by atoms with Gasteiger partial charge in [-0.25, -0.2) is 17.9 Å². The van der Waals surface area contributed by atoms with Crippen molar-refractivity contribution in [2.75, 3.05) is 12.4 Å². The van der Waals surface area contributed by atoms with Crippen LogP contribution in [0.25, 0.3) is 0 Å². The van der Waals surface area contributed by atoms with Crippen LogP contribution in [0, 0.1) is 0 Å². The highest BCUT2D eigenvalue weighted by Gasteiger charge is 2.23. The number of sulfonamides is 1. The van der Waals surface area contributed by atoms with E-state index in [-0.39, 0.29) is 24.0 Å². The number of nitrogens with one attached hydrogen (secondary N) is 1. The van der Waals surface area contributed by atoms with Crippen molar-refractivity contribution in [3.8, 4) is 0 Å². The van der Waals surface area contributed by atoms with E-state index in [0.717, 1.165) is 12.8 Å². The molecule has 1 aromatic heterocycles. The zero-order valence-electron chi connectivity index (χ0n) is 10.8. The van der Waals surface area contributed by atoms with Crippen molar-refractivity contribution in [2.45, 2.75) is 25.5 Å². The molecule has 1 aliphatic rings. The molecular weight excluding hydrogens is 284 g/mol. The van der Waals surface area contributed by atoms with Crippen LogP contribution in [-0.4, -0.2) is 42.9 Å². The molecule has 0 amide bonds. The molecule has 0 aromatic carbocycles. The maximum absolute atomic E-state index is 11.8. The fourth-order valence-electron chi connectivity index (χ4n) is 1.97. The van der Waals surface area contributed by atoms with E-state index in [4.69, 9.17) is 9.84 Å². The average molecular weight is 300 g/mol. The number of aromatic nitrogens is 1. The number of ether oxygens (including phenoxy) is 1. The molecule has 1 saturated heterocycles. The predicted molar refractivity (Wildman–Crippen MR) is 70.8 cm³/mol. The molecule has 2 rings (SSSR count). The van der Waals surface area contributed by atoms with Gasteiger partial charge in [-0.1, -0.05) is 0 Å². The summed E-state index contributed by atoms with van der Waals surface area (Å²) in [6, 6.07) is 2.70. The van der Waals surface area contributed by atoms with Crippen molar-refractivity contribution in [2.24, 2.45) is 0 Å². The van der Waals surface area contributed by atoms with E-state index >= 15 is 0 Å². The number of carbonyl (C=O) groups is 1. The van der Waals surface area contributed by atoms with Crippen molar-refractivity contribution in [3.05, 3.63) is 29.6 Å². The molecule has 7 nitrogen and oxygen atoms in total. The Bertz CT molecular complexity index is 581. The van der Waals surface area contributed by atoms with Crippen LogP contribution in [0.3, 0.4) is 0 Å². The van der Waals surface area contributed by atoms with Gasteiger partial charge in [0.05, 0.1) is 29.7 Å². The first-order valence-corrected chi connectivity index (χ1v) is 7.89. The minimum absolute atomic E-state index is 0.0316. The van der Waals surface area contributed by atoms with Crippen molar-refractivity contribution < 1.29 is 23.1 Å². The van der Waals surface area contributed by atoms with Crippen LogP contribution >= 0.6 is 0 Å². The molecule has 2 N–H and O–H groups in total. The van der Waals surface area contributed by atoms with Gasteiger partial charge < -0.3 is 9.84 Å². The number of rotatable bonds is 6. The van der Waals surface area contributed by atoms with Gasteiger partial charge in [-0.15, -0.1) is 0 Å². The highest BCUT2D eigenvalue weighted by molar-refractivity contribution is 7.89. The summed E-state index contributed by atoms with van der Waals surface area (Å²) in [5.41, 5.74) is 0.439. The smallest absolute Gasteiger partial charge is 0.335 e. The number of carboxylic acid groups (broad SMARTS) is 1. The van der Waals surface area contributed by atoms with Crippen molar-refractivity contribution in [1.82, 2.24) is 9.71 Å². The summed E-state index contributed by atoms with van der Waals surface area (Å²) in [6.07, 6.45) is 2.70. The molecule has 20 heavy (non-hydrogen) atoms. The normalized spacial score (nSPS) is 19.1. The van der Waals surface area contributed by atoms with E-state index < -0.39 is 16.0 Å². The van der Waals surface area contributed by atoms with E-state index in [9.17, 15) is 13.2 Å². The van der Waals surface area contributed by atoms with Crippen LogP contribution in [-0.2, 0) is 21.3 Å². The van der Waals surface area contributed by atoms with Crippen LogP contribution < -0.4 is 4.72 Å². The van der Waals surface area contributed by atoms with Crippen molar-refractivity contribution in [3.63, 3.8) is 0 Å². The Hall–Kier alpha value is -1.51. The van der Waals surface area contributed by atoms with Crippen LogP contribution in [0.15, 0.2) is 18.3 Å². The molecule has 8 heteroatoms. The first-order chi connectivity index (χ1) is 9.46. The van der Waals surface area contributed by atoms with Crippen LogP contribution in [0.1, 0.15) is 28.9 Å². The minimum Gasteiger partial charge on any atom is -0.478 e. The summed E-state index contributed by atoms with van der Waals surface area (Å²) in [5, 5.41) is 8.84. The van der Waals surface area contributed by atoms with Gasteiger partial charge in [0.15, 0.2) is 0 Å². The molecule has 1 aromatic rings. The van der Waals surface area contributed by atoms with E-state index in [2.05, 4.69) is 9.71 Å². The molecule has 2 heterocycles. The molecule has 1 unspecified atom stereocenters. The summed E-state index contributed by atoms with van der Waals surface area (Å²) in [5.74, 6) is -1.15. The molecule has 1 fully saturated rings. The number of pyridine rings is 1. The number of carboxylic acids is 1. The summed E-state index contributed by atoms with van der Waals surface area (Å²) in [4.78, 5) is 14.7. The summed E-state index contributed by atoms with van der Waals surface area (Å²) < 4.78 is 31.4. The zero-order valence-corrected chi connectivity index (χ0v) is 11.6. The lowest BCUT2D eigenvalue weighted by molar-refractivity contribution is 0.0696. The highest BCUT2D eigenvalue weighted by atomic mass is 32.2. The second-order valence-corrected chi connectivity index (χ2v) is 6.43. The molecule has 0 bridgehead atoms. The third-order valence-electron chi connectivity index (χ3n) is 2.97. The lowest BCUT2D eigenvalue weighted by atomic mass is 10.2. The third-order valence-corrected chi connectivity index (χ3v) is 4.36. The fraction of sp³-hybridized carbons (Fsp3) is 0.500. The molecule has 0 aliphatic carbocycles. The summed E-state index contributed by atoms with van der Waals surface area (Å²) >= 11 is 0. The number of hydrogen-bond donors (Lipinski definition) is 2. The molecule has 1 aliphatic heterocycles. The maximum atomic E-state index is 11.8. The monoisotopic (exact) mass is 300 g/mol. The number of hydrogen-bond acceptors (Lipinski definition) is 5. The molecule has 1 atom stereocenters. The van der Waals surface area contributed by atoms with Crippen LogP contribution in [0.5, 0.6) is 0 Å². The van der Waals surface area contributed by atoms with E-state index in [1.54, 1.807) is 0 Å². The largest absolute Gasteiger partial charge is 0.478 e. The van der Waals surface area contributed by atoms with Gasteiger partial charge in [-0.3, -0.25) is 4.98 Å². The van der Waals surface area contributed by atoms with Crippen molar-refractivity contribution >= 4 is 16.0 Å². The quantitative estimate of drug-likeness (QED) is 0.786. The van der Waals surface area contributed by atoms with E-state index in [1.807, 2.05) is 0 Å². The van der Waals surface area contributed by atoms with Gasteiger partial charge >= 0.3 is 5.97 Å². The Morgan fingerprint density at radius 2 is 2.35 bits per heavy atom. The number of aromatic carboxylic acids is 1. The van der Waals surface area contributed by atoms with Gasteiger partial charge in [0.1, 0.15) is 0 Å². The molecule has 0 radical (unpaired) electrons. The van der Waals surface area contributed by atoms with E-state index in [1.165, 1.54) is 18.3 Å². The fourth-order valence-corrected chi connectivity index (χ4v) is 3.21. The van der Waals surface area contributed by atoms with Crippen LogP contribution in [0.2, 0.25) is 0 Å². The zero-order chi connectivity index (χ0) is 14.6. The van der Waals surface area contributed by atoms with E-state index in [0.29, 0.717) is 12.3 Å². The Kier molecular flexibility index (Phi) is 4.69.